The zero-order valence-corrected chi connectivity index (χ0v) is 25.9. The van der Waals surface area contributed by atoms with Crippen LogP contribution >= 0.6 is 23.2 Å². The fourth-order valence-electron chi connectivity index (χ4n) is 4.23. The number of benzene rings is 3. The lowest BCUT2D eigenvalue weighted by Gasteiger charge is -2.33. The van der Waals surface area contributed by atoms with E-state index in [0.717, 1.165) is 15.4 Å². The number of carbonyl (C=O) groups is 2. The van der Waals surface area contributed by atoms with Crippen molar-refractivity contribution in [1.82, 2.24) is 10.2 Å². The van der Waals surface area contributed by atoms with E-state index in [2.05, 4.69) is 5.32 Å². The highest BCUT2D eigenvalue weighted by Gasteiger charge is 2.33. The number of carbonyl (C=O) groups excluding carboxylic acids is 2. The first kappa shape index (κ1) is 31.5. The molecule has 0 aliphatic heterocycles. The van der Waals surface area contributed by atoms with Gasteiger partial charge in [0.2, 0.25) is 11.8 Å². The first-order valence-corrected chi connectivity index (χ1v) is 15.0. The van der Waals surface area contributed by atoms with Gasteiger partial charge in [-0.05, 0) is 94.6 Å². The number of halogens is 2. The molecule has 0 aliphatic rings. The van der Waals surface area contributed by atoms with Crippen molar-refractivity contribution in [2.45, 2.75) is 64.6 Å². The van der Waals surface area contributed by atoms with Crippen LogP contribution in [0, 0.1) is 13.8 Å². The van der Waals surface area contributed by atoms with Crippen LogP contribution in [0.3, 0.4) is 0 Å². The summed E-state index contributed by atoms with van der Waals surface area (Å²) in [6.45, 7) is 10.4. The van der Waals surface area contributed by atoms with E-state index in [1.54, 1.807) is 55.5 Å². The third-order valence-corrected chi connectivity index (χ3v) is 8.63. The van der Waals surface area contributed by atoms with Gasteiger partial charge in [0.1, 0.15) is 12.6 Å². The molecule has 0 aromatic heterocycles. The molecule has 10 heteroatoms. The standard InChI is InChI=1S/C30H35Cl2N3O4S/c1-20-14-21(2)16-24(15-20)35(40(38,39)25-10-8-7-9-11-25)19-28(36)34(22(3)29(37)33-30(4,5)6)18-23-12-13-26(31)27(32)17-23/h7-17,22H,18-19H2,1-6H3,(H,33,37)/t22-/m1/s1. The van der Waals surface area contributed by atoms with Gasteiger partial charge < -0.3 is 10.2 Å². The first-order valence-electron chi connectivity index (χ1n) is 12.8. The summed E-state index contributed by atoms with van der Waals surface area (Å²) < 4.78 is 28.9. The van der Waals surface area contributed by atoms with Crippen LogP contribution in [0.2, 0.25) is 10.0 Å². The molecule has 0 aliphatic carbocycles. The molecule has 3 aromatic carbocycles. The lowest BCUT2D eigenvalue weighted by Crippen LogP contribution is -2.54. The normalized spacial score (nSPS) is 12.5. The van der Waals surface area contributed by atoms with Crippen molar-refractivity contribution in [2.24, 2.45) is 0 Å². The van der Waals surface area contributed by atoms with Gasteiger partial charge in [-0.2, -0.15) is 0 Å². The van der Waals surface area contributed by atoms with Gasteiger partial charge in [0, 0.05) is 12.1 Å². The Hall–Kier alpha value is -3.07. The van der Waals surface area contributed by atoms with Crippen molar-refractivity contribution in [3.05, 3.63) is 93.5 Å². The average Bonchev–Trinajstić information content (AvgIpc) is 2.86. The summed E-state index contributed by atoms with van der Waals surface area (Å²) in [4.78, 5) is 28.6. The average molecular weight is 605 g/mol. The Labute approximate surface area is 247 Å². The van der Waals surface area contributed by atoms with Gasteiger partial charge in [-0.25, -0.2) is 8.42 Å². The van der Waals surface area contributed by atoms with Crippen molar-refractivity contribution >= 4 is 50.7 Å². The molecule has 1 N–H and O–H groups in total. The van der Waals surface area contributed by atoms with E-state index in [-0.39, 0.29) is 17.3 Å². The Kier molecular flexibility index (Phi) is 9.93. The molecule has 0 fully saturated rings. The zero-order chi connectivity index (χ0) is 29.8. The van der Waals surface area contributed by atoms with E-state index in [4.69, 9.17) is 23.2 Å². The van der Waals surface area contributed by atoms with Gasteiger partial charge >= 0.3 is 0 Å². The number of anilines is 1. The van der Waals surface area contributed by atoms with E-state index in [9.17, 15) is 18.0 Å². The molecule has 1 atom stereocenters. The number of hydrogen-bond donors (Lipinski definition) is 1. The maximum Gasteiger partial charge on any atom is 0.264 e. The Morgan fingerprint density at radius 2 is 1.50 bits per heavy atom. The molecule has 7 nitrogen and oxygen atoms in total. The van der Waals surface area contributed by atoms with Gasteiger partial charge in [0.25, 0.3) is 10.0 Å². The molecular weight excluding hydrogens is 569 g/mol. The first-order chi connectivity index (χ1) is 18.6. The van der Waals surface area contributed by atoms with Crippen LogP contribution in [-0.4, -0.2) is 43.3 Å². The molecule has 2 amide bonds. The fourth-order valence-corrected chi connectivity index (χ4v) is 5.97. The van der Waals surface area contributed by atoms with Gasteiger partial charge in [0.15, 0.2) is 0 Å². The van der Waals surface area contributed by atoms with Crippen molar-refractivity contribution in [3.8, 4) is 0 Å². The fraction of sp³-hybridized carbons (Fsp3) is 0.333. The molecule has 214 valence electrons. The van der Waals surface area contributed by atoms with E-state index in [1.165, 1.54) is 17.0 Å². The molecule has 0 heterocycles. The van der Waals surface area contributed by atoms with Crippen molar-refractivity contribution in [3.63, 3.8) is 0 Å². The SMILES string of the molecule is Cc1cc(C)cc(N(CC(=O)N(Cc2ccc(Cl)c(Cl)c2)[C@H](C)C(=O)NC(C)(C)C)S(=O)(=O)c2ccccc2)c1. The summed E-state index contributed by atoms with van der Waals surface area (Å²) >= 11 is 12.3. The molecule has 0 unspecified atom stereocenters. The Bertz CT molecular complexity index is 1470. The van der Waals surface area contributed by atoms with E-state index >= 15 is 0 Å². The topological polar surface area (TPSA) is 86.8 Å². The second kappa shape index (κ2) is 12.6. The molecule has 0 saturated carbocycles. The largest absolute Gasteiger partial charge is 0.350 e. The molecule has 40 heavy (non-hydrogen) atoms. The third kappa shape index (κ3) is 7.99. The van der Waals surface area contributed by atoms with Crippen molar-refractivity contribution in [1.29, 1.82) is 0 Å². The second-order valence-electron chi connectivity index (χ2n) is 10.9. The molecule has 0 spiro atoms. The maximum atomic E-state index is 14.0. The highest BCUT2D eigenvalue weighted by Crippen LogP contribution is 2.27. The smallest absolute Gasteiger partial charge is 0.264 e. The lowest BCUT2D eigenvalue weighted by molar-refractivity contribution is -0.140. The molecule has 0 saturated heterocycles. The van der Waals surface area contributed by atoms with Crippen LogP contribution < -0.4 is 9.62 Å². The zero-order valence-electron chi connectivity index (χ0n) is 23.5. The van der Waals surface area contributed by atoms with Crippen LogP contribution in [0.25, 0.3) is 0 Å². The van der Waals surface area contributed by atoms with Crippen LogP contribution in [0.5, 0.6) is 0 Å². The summed E-state index contributed by atoms with van der Waals surface area (Å²) in [7, 11) is -4.13. The number of rotatable bonds is 9. The number of sulfonamides is 1. The summed E-state index contributed by atoms with van der Waals surface area (Å²) in [6.07, 6.45) is 0. The third-order valence-electron chi connectivity index (χ3n) is 6.11. The number of aryl methyl sites for hydroxylation is 2. The number of nitrogens with one attached hydrogen (secondary N) is 1. The van der Waals surface area contributed by atoms with E-state index in [0.29, 0.717) is 21.3 Å². The molecule has 0 bridgehead atoms. The second-order valence-corrected chi connectivity index (χ2v) is 13.5. The Morgan fingerprint density at radius 3 is 2.05 bits per heavy atom. The van der Waals surface area contributed by atoms with Crippen LogP contribution in [-0.2, 0) is 26.2 Å². The minimum Gasteiger partial charge on any atom is -0.350 e. The highest BCUT2D eigenvalue weighted by atomic mass is 35.5. The van der Waals surface area contributed by atoms with Gasteiger partial charge in [-0.15, -0.1) is 0 Å². The van der Waals surface area contributed by atoms with Gasteiger partial charge in [-0.3, -0.25) is 13.9 Å². The van der Waals surface area contributed by atoms with Crippen molar-refractivity contribution in [2.75, 3.05) is 10.8 Å². The summed E-state index contributed by atoms with van der Waals surface area (Å²) in [5.74, 6) is -0.925. The summed E-state index contributed by atoms with van der Waals surface area (Å²) in [5.41, 5.74) is 2.16. The quantitative estimate of drug-likeness (QED) is 0.318. The monoisotopic (exact) mass is 603 g/mol. The lowest BCUT2D eigenvalue weighted by atomic mass is 10.1. The van der Waals surface area contributed by atoms with Gasteiger partial charge in [-0.1, -0.05) is 53.5 Å². The Morgan fingerprint density at radius 1 is 0.900 bits per heavy atom. The molecular formula is C30H35Cl2N3O4S. The predicted octanol–water partition coefficient (Wildman–Crippen LogP) is 6.14. The number of nitrogens with zero attached hydrogens (tertiary/aromatic N) is 2. The highest BCUT2D eigenvalue weighted by molar-refractivity contribution is 7.92. The van der Waals surface area contributed by atoms with E-state index < -0.39 is 34.1 Å². The maximum absolute atomic E-state index is 14.0. The van der Waals surface area contributed by atoms with Gasteiger partial charge in [0.05, 0.1) is 20.6 Å². The summed E-state index contributed by atoms with van der Waals surface area (Å²) in [5, 5.41) is 3.57. The minimum atomic E-state index is -4.13. The molecule has 0 radical (unpaired) electrons. The van der Waals surface area contributed by atoms with Crippen LogP contribution in [0.1, 0.15) is 44.4 Å². The van der Waals surface area contributed by atoms with E-state index in [1.807, 2.05) is 40.7 Å². The number of amides is 2. The van der Waals surface area contributed by atoms with Crippen molar-refractivity contribution < 1.29 is 18.0 Å². The minimum absolute atomic E-state index is 0.0144. The number of hydrogen-bond acceptors (Lipinski definition) is 4. The van der Waals surface area contributed by atoms with Crippen LogP contribution in [0.4, 0.5) is 5.69 Å². The Balaban J connectivity index is 2.07. The molecule has 3 rings (SSSR count). The van der Waals surface area contributed by atoms with Crippen LogP contribution in [0.15, 0.2) is 71.6 Å². The summed E-state index contributed by atoms with van der Waals surface area (Å²) in [6, 6.07) is 17.4. The predicted molar refractivity (Wildman–Crippen MR) is 161 cm³/mol. The molecule has 3 aromatic rings.